The predicted octanol–water partition coefficient (Wildman–Crippen LogP) is 0.933. The Balaban J connectivity index is 0.000000302. The maximum atomic E-state index is 8.09. The lowest BCUT2D eigenvalue weighted by Gasteiger charge is -2.26. The van der Waals surface area contributed by atoms with Gasteiger partial charge in [-0.1, -0.05) is 0 Å². The van der Waals surface area contributed by atoms with Crippen LogP contribution < -0.4 is 0 Å². The Kier molecular flexibility index (Phi) is 5.77. The zero-order valence-corrected chi connectivity index (χ0v) is 10.3. The largest absolute Gasteiger partial charge is 0.383 e. The minimum absolute atomic E-state index is 1.32. The summed E-state index contributed by atoms with van der Waals surface area (Å²) in [6.07, 6.45) is 0.175. The van der Waals surface area contributed by atoms with Crippen molar-refractivity contribution < 1.29 is 4.48 Å². The molecule has 0 aliphatic carbocycles. The minimum atomic E-state index is -2.72. The van der Waals surface area contributed by atoms with Gasteiger partial charge in [0.25, 0.3) is 0 Å². The fraction of sp³-hybridized carbons (Fsp3) is 0.636. The van der Waals surface area contributed by atoms with Crippen molar-refractivity contribution >= 4 is 6.15 Å². The van der Waals surface area contributed by atoms with Crippen molar-refractivity contribution in [3.63, 3.8) is 0 Å². The van der Waals surface area contributed by atoms with Crippen LogP contribution in [0.4, 0.5) is 0 Å². The molecule has 0 unspecified atom stereocenters. The van der Waals surface area contributed by atoms with Crippen LogP contribution in [0, 0.1) is 44.9 Å². The first-order chi connectivity index (χ1) is 8.01. The first-order valence-corrected chi connectivity index (χ1v) is 5.65. The van der Waals surface area contributed by atoms with Gasteiger partial charge >= 0.3 is 6.15 Å². The molecule has 0 bridgehead atoms. The van der Waals surface area contributed by atoms with Crippen molar-refractivity contribution in [1.82, 2.24) is 0 Å². The maximum absolute atomic E-state index is 8.09. The van der Waals surface area contributed by atoms with E-state index in [-0.39, 0.29) is 0 Å². The SMILES string of the molecule is CC[N+]1(C)CCCC1.N#C[B-](C#N)(C#N)C#N. The van der Waals surface area contributed by atoms with Crippen LogP contribution in [0.3, 0.4) is 0 Å². The molecular weight excluding hydrogens is 213 g/mol. The molecule has 1 rings (SSSR count). The molecule has 0 aromatic carbocycles. The Morgan fingerprint density at radius 1 is 0.941 bits per heavy atom. The zero-order valence-electron chi connectivity index (χ0n) is 10.3. The molecule has 88 valence electrons. The molecule has 5 nitrogen and oxygen atoms in total. The molecule has 0 aromatic rings. The Labute approximate surface area is 103 Å². The Hall–Kier alpha value is -2.02. The summed E-state index contributed by atoms with van der Waals surface area (Å²) >= 11 is 0. The van der Waals surface area contributed by atoms with Crippen molar-refractivity contribution in [2.45, 2.75) is 19.8 Å². The summed E-state index contributed by atoms with van der Waals surface area (Å²) in [5.41, 5.74) is 0. The van der Waals surface area contributed by atoms with Crippen LogP contribution in [0.15, 0.2) is 0 Å². The Morgan fingerprint density at radius 3 is 1.41 bits per heavy atom. The van der Waals surface area contributed by atoms with Crippen LogP contribution in [0.5, 0.6) is 0 Å². The highest BCUT2D eigenvalue weighted by atomic mass is 15.3. The third-order valence-electron chi connectivity index (χ3n) is 3.18. The Bertz CT molecular complexity index is 350. The van der Waals surface area contributed by atoms with Gasteiger partial charge in [-0.15, -0.1) is 23.9 Å². The standard InChI is InChI=1S/C7H16N.C4BN4/c1-3-8(2)6-4-5-7-8;6-1-5(2-7,3-8)4-9/h3-7H2,1-2H3;/q+1;-1. The van der Waals surface area contributed by atoms with Gasteiger partial charge in [0.05, 0.1) is 26.7 Å². The molecule has 0 N–H and O–H groups in total. The van der Waals surface area contributed by atoms with E-state index < -0.39 is 6.15 Å². The van der Waals surface area contributed by atoms with Crippen LogP contribution in [-0.4, -0.2) is 37.3 Å². The topological polar surface area (TPSA) is 95.2 Å². The van der Waals surface area contributed by atoms with Crippen molar-refractivity contribution in [3.8, 4) is 23.9 Å². The van der Waals surface area contributed by atoms with Crippen LogP contribution in [0.2, 0.25) is 0 Å². The van der Waals surface area contributed by atoms with E-state index in [1.54, 1.807) is 0 Å². The molecule has 1 aliphatic rings. The molecule has 0 amide bonds. The number of hydrogen-bond donors (Lipinski definition) is 0. The highest BCUT2D eigenvalue weighted by Gasteiger charge is 2.23. The lowest BCUT2D eigenvalue weighted by atomic mass is 9.30. The van der Waals surface area contributed by atoms with Crippen molar-refractivity contribution in [2.75, 3.05) is 26.7 Å². The third kappa shape index (κ3) is 4.16. The molecule has 0 spiro atoms. The van der Waals surface area contributed by atoms with E-state index in [1.807, 2.05) is 0 Å². The van der Waals surface area contributed by atoms with Gasteiger partial charge in [-0.05, 0) is 6.92 Å². The van der Waals surface area contributed by atoms with Crippen molar-refractivity contribution in [3.05, 3.63) is 0 Å². The average Bonchev–Trinajstić information content (AvgIpc) is 2.82. The smallest absolute Gasteiger partial charge is 0.326 e. The molecular formula is C11H16BN5. The van der Waals surface area contributed by atoms with Crippen LogP contribution in [0.25, 0.3) is 0 Å². The summed E-state index contributed by atoms with van der Waals surface area (Å²) < 4.78 is 1.32. The van der Waals surface area contributed by atoms with E-state index in [0.29, 0.717) is 0 Å². The first kappa shape index (κ1) is 15.0. The number of nitriles is 4. The Morgan fingerprint density at radius 2 is 1.29 bits per heavy atom. The lowest BCUT2D eigenvalue weighted by Crippen LogP contribution is -2.40. The van der Waals surface area contributed by atoms with Crippen molar-refractivity contribution in [2.24, 2.45) is 0 Å². The van der Waals surface area contributed by atoms with Gasteiger partial charge in [0.15, 0.2) is 0 Å². The number of rotatable bonds is 1. The van der Waals surface area contributed by atoms with E-state index in [9.17, 15) is 0 Å². The molecule has 0 radical (unpaired) electrons. The maximum Gasteiger partial charge on any atom is 0.383 e. The molecule has 0 aromatic heterocycles. The normalized spacial score (nSPS) is 16.4. The summed E-state index contributed by atoms with van der Waals surface area (Å²) in [5, 5.41) is 32.3. The van der Waals surface area contributed by atoms with Crippen molar-refractivity contribution in [1.29, 1.82) is 21.0 Å². The second-order valence-corrected chi connectivity index (χ2v) is 4.47. The molecule has 17 heavy (non-hydrogen) atoms. The molecule has 1 heterocycles. The summed E-state index contributed by atoms with van der Waals surface area (Å²) in [6, 6.07) is 0. The molecule has 0 atom stereocenters. The zero-order chi connectivity index (χ0) is 13.4. The van der Waals surface area contributed by atoms with Gasteiger partial charge in [-0.25, -0.2) is 21.0 Å². The van der Waals surface area contributed by atoms with Gasteiger partial charge in [0.1, 0.15) is 0 Å². The van der Waals surface area contributed by atoms with Crippen LogP contribution in [0.1, 0.15) is 19.8 Å². The van der Waals surface area contributed by atoms with E-state index in [0.717, 1.165) is 0 Å². The summed E-state index contributed by atoms with van der Waals surface area (Å²) in [5.74, 6) is 5.38. The van der Waals surface area contributed by atoms with Crippen LogP contribution in [-0.2, 0) is 0 Å². The van der Waals surface area contributed by atoms with E-state index in [4.69, 9.17) is 21.0 Å². The van der Waals surface area contributed by atoms with Gasteiger partial charge < -0.3 is 4.48 Å². The fourth-order valence-corrected chi connectivity index (χ4v) is 1.59. The molecule has 1 saturated heterocycles. The fourth-order valence-electron chi connectivity index (χ4n) is 1.59. The molecule has 1 fully saturated rings. The number of likely N-dealkylation sites (tertiary alicyclic amines) is 1. The van der Waals surface area contributed by atoms with Gasteiger partial charge in [0, 0.05) is 12.8 Å². The third-order valence-corrected chi connectivity index (χ3v) is 3.18. The van der Waals surface area contributed by atoms with E-state index >= 15 is 0 Å². The van der Waals surface area contributed by atoms with Crippen LogP contribution >= 0.6 is 0 Å². The second-order valence-electron chi connectivity index (χ2n) is 4.47. The predicted molar refractivity (Wildman–Crippen MR) is 63.9 cm³/mol. The number of hydrogen-bond acceptors (Lipinski definition) is 4. The molecule has 1 aliphatic heterocycles. The number of quaternary nitrogens is 1. The molecule has 0 saturated carbocycles. The van der Waals surface area contributed by atoms with Gasteiger partial charge in [-0.2, -0.15) is 0 Å². The highest BCUT2D eigenvalue weighted by Crippen LogP contribution is 2.14. The summed E-state index contributed by atoms with van der Waals surface area (Å²) in [7, 11) is 2.35. The highest BCUT2D eigenvalue weighted by molar-refractivity contribution is 7.05. The first-order valence-electron chi connectivity index (χ1n) is 5.65. The van der Waals surface area contributed by atoms with E-state index in [1.165, 1.54) is 60.8 Å². The van der Waals surface area contributed by atoms with Gasteiger partial charge in [-0.3, -0.25) is 0 Å². The lowest BCUT2D eigenvalue weighted by molar-refractivity contribution is -0.895. The van der Waals surface area contributed by atoms with Gasteiger partial charge in [0.2, 0.25) is 0 Å². The minimum Gasteiger partial charge on any atom is -0.326 e. The van der Waals surface area contributed by atoms with E-state index in [2.05, 4.69) is 14.0 Å². The average molecular weight is 229 g/mol. The monoisotopic (exact) mass is 229 g/mol. The number of nitrogens with zero attached hydrogens (tertiary/aromatic N) is 5. The second kappa shape index (κ2) is 6.54. The quantitative estimate of drug-likeness (QED) is 0.493. The molecule has 6 heteroatoms. The summed E-state index contributed by atoms with van der Waals surface area (Å²) in [4.78, 5) is 0. The summed E-state index contributed by atoms with van der Waals surface area (Å²) in [6.45, 7) is 6.43.